The van der Waals surface area contributed by atoms with Crippen LogP contribution in [0.1, 0.15) is 11.9 Å². The second-order valence-corrected chi connectivity index (χ2v) is 9.54. The molecule has 0 bridgehead atoms. The lowest BCUT2D eigenvalue weighted by Crippen LogP contribution is -2.39. The lowest BCUT2D eigenvalue weighted by atomic mass is 10.1. The third-order valence-corrected chi connectivity index (χ3v) is 7.04. The number of nitrogens with two attached hydrogens (primary N) is 1. The van der Waals surface area contributed by atoms with Crippen LogP contribution in [0, 0.1) is 0 Å². The van der Waals surface area contributed by atoms with Crippen molar-refractivity contribution in [3.05, 3.63) is 41.5 Å². The van der Waals surface area contributed by atoms with E-state index < -0.39 is 43.6 Å². The molecule has 0 aliphatic carbocycles. The third-order valence-electron chi connectivity index (χ3n) is 4.17. The highest BCUT2D eigenvalue weighted by atomic mass is 32.2. The molecule has 1 atom stereocenters. The number of aromatic nitrogens is 3. The summed E-state index contributed by atoms with van der Waals surface area (Å²) in [6, 6.07) is 4.34. The van der Waals surface area contributed by atoms with Gasteiger partial charge in [-0.25, -0.2) is 8.42 Å². The van der Waals surface area contributed by atoms with Crippen LogP contribution in [0.3, 0.4) is 0 Å². The normalized spacial score (nSPS) is 14.7. The first-order valence-electron chi connectivity index (χ1n) is 8.52. The monoisotopic (exact) mass is 514 g/mol. The third kappa shape index (κ3) is 5.01. The van der Waals surface area contributed by atoms with Crippen molar-refractivity contribution in [2.24, 2.45) is 0 Å². The molecule has 2 heterocycles. The van der Waals surface area contributed by atoms with Gasteiger partial charge in [0.05, 0.1) is 15.5 Å². The average Bonchev–Trinajstić information content (AvgIpc) is 3.16. The van der Waals surface area contributed by atoms with Crippen LogP contribution in [0.2, 0.25) is 0 Å². The predicted molar refractivity (Wildman–Crippen MR) is 102 cm³/mol. The second-order valence-electron chi connectivity index (χ2n) is 6.61. The quantitative estimate of drug-likeness (QED) is 0.494. The fourth-order valence-corrected chi connectivity index (χ4v) is 4.55. The van der Waals surface area contributed by atoms with E-state index in [4.69, 9.17) is 5.73 Å². The summed E-state index contributed by atoms with van der Waals surface area (Å²) in [7, 11) is -4.26. The number of anilines is 1. The van der Waals surface area contributed by atoms with E-state index in [1.807, 2.05) is 0 Å². The van der Waals surface area contributed by atoms with Gasteiger partial charge in [0.1, 0.15) is 11.4 Å². The Labute approximate surface area is 185 Å². The SMILES string of the molecule is CC(O)(c1nnc(-c2ncc(S(=O)(=O)c3ccc(OC(F)(F)F)cc3)cc2N)s1)C(F)(F)F. The number of sulfone groups is 1. The van der Waals surface area contributed by atoms with Crippen LogP contribution in [0.15, 0.2) is 46.3 Å². The van der Waals surface area contributed by atoms with Crippen LogP contribution in [-0.2, 0) is 15.4 Å². The maximum atomic E-state index is 13.0. The zero-order valence-electron chi connectivity index (χ0n) is 16.1. The number of hydrogen-bond acceptors (Lipinski definition) is 9. The molecule has 0 amide bonds. The van der Waals surface area contributed by atoms with E-state index in [9.17, 15) is 39.9 Å². The molecule has 0 aliphatic heterocycles. The number of benzene rings is 1. The van der Waals surface area contributed by atoms with Crippen LogP contribution in [-0.4, -0.2) is 41.2 Å². The van der Waals surface area contributed by atoms with Crippen molar-refractivity contribution in [2.45, 2.75) is 34.9 Å². The van der Waals surface area contributed by atoms with E-state index in [2.05, 4.69) is 19.9 Å². The summed E-state index contributed by atoms with van der Waals surface area (Å²) in [5.41, 5.74) is 2.08. The topological polar surface area (TPSA) is 128 Å². The van der Waals surface area contributed by atoms with Gasteiger partial charge in [-0.1, -0.05) is 11.3 Å². The molecule has 2 aromatic heterocycles. The van der Waals surface area contributed by atoms with Crippen molar-refractivity contribution in [2.75, 3.05) is 5.73 Å². The lowest BCUT2D eigenvalue weighted by Gasteiger charge is -2.22. The Morgan fingerprint density at radius 3 is 2.15 bits per heavy atom. The molecule has 0 radical (unpaired) electrons. The average molecular weight is 514 g/mol. The van der Waals surface area contributed by atoms with Crippen LogP contribution in [0.5, 0.6) is 5.75 Å². The molecule has 0 aliphatic rings. The van der Waals surface area contributed by atoms with E-state index in [1.165, 1.54) is 0 Å². The summed E-state index contributed by atoms with van der Waals surface area (Å²) in [4.78, 5) is 3.02. The first-order valence-corrected chi connectivity index (χ1v) is 10.8. The van der Waals surface area contributed by atoms with E-state index in [0.29, 0.717) is 18.3 Å². The zero-order chi connectivity index (χ0) is 24.8. The summed E-state index contributed by atoms with van der Waals surface area (Å²) < 4.78 is 105. The molecule has 3 rings (SSSR count). The number of pyridine rings is 1. The Balaban J connectivity index is 1.91. The number of nitrogens with zero attached hydrogens (tertiary/aromatic N) is 3. The standard InChI is InChI=1S/C17H12F6N4O4S2/c1-15(28,16(18,19)20)14-27-26-13(32-14)12-11(24)6-10(7-25-12)33(29,30)9-4-2-8(3-5-9)31-17(21,22)23/h2-7,28H,24H2,1H3. The lowest BCUT2D eigenvalue weighted by molar-refractivity contribution is -0.274. The summed E-state index contributed by atoms with van der Waals surface area (Å²) in [5, 5.41) is 15.6. The van der Waals surface area contributed by atoms with Gasteiger partial charge in [-0.05, 0) is 37.3 Å². The molecule has 1 unspecified atom stereocenters. The molecular weight excluding hydrogens is 502 g/mol. The van der Waals surface area contributed by atoms with Crippen LogP contribution >= 0.6 is 11.3 Å². The van der Waals surface area contributed by atoms with Gasteiger partial charge in [-0.2, -0.15) is 13.2 Å². The van der Waals surface area contributed by atoms with Gasteiger partial charge in [0, 0.05) is 6.20 Å². The van der Waals surface area contributed by atoms with Crippen molar-refractivity contribution in [1.29, 1.82) is 0 Å². The summed E-state index contributed by atoms with van der Waals surface area (Å²) in [5.74, 6) is -0.628. The van der Waals surface area contributed by atoms with Crippen LogP contribution in [0.4, 0.5) is 32.0 Å². The molecule has 0 saturated carbocycles. The highest BCUT2D eigenvalue weighted by molar-refractivity contribution is 7.91. The maximum absolute atomic E-state index is 13.0. The highest BCUT2D eigenvalue weighted by Crippen LogP contribution is 2.41. The van der Waals surface area contributed by atoms with E-state index >= 15 is 0 Å². The Morgan fingerprint density at radius 2 is 1.64 bits per heavy atom. The number of ether oxygens (including phenoxy) is 1. The van der Waals surface area contributed by atoms with Gasteiger partial charge in [0.2, 0.25) is 15.4 Å². The fraction of sp³-hybridized carbons (Fsp3) is 0.235. The summed E-state index contributed by atoms with van der Waals surface area (Å²) >= 11 is 0.360. The van der Waals surface area contributed by atoms with E-state index in [0.717, 1.165) is 36.5 Å². The predicted octanol–water partition coefficient (Wildman–Crippen LogP) is 3.68. The molecule has 8 nitrogen and oxygen atoms in total. The number of halogens is 6. The second kappa shape index (κ2) is 8.11. The van der Waals surface area contributed by atoms with Gasteiger partial charge in [-0.3, -0.25) is 4.98 Å². The molecule has 0 fully saturated rings. The maximum Gasteiger partial charge on any atom is 0.573 e. The summed E-state index contributed by atoms with van der Waals surface area (Å²) in [6.45, 7) is 0.495. The zero-order valence-corrected chi connectivity index (χ0v) is 17.8. The van der Waals surface area contributed by atoms with E-state index in [-0.39, 0.29) is 21.3 Å². The Kier molecular flexibility index (Phi) is 6.06. The molecular formula is C17H12F6N4O4S2. The van der Waals surface area contributed by atoms with Crippen molar-refractivity contribution in [3.8, 4) is 16.5 Å². The van der Waals surface area contributed by atoms with Gasteiger partial charge in [0.25, 0.3) is 0 Å². The minimum absolute atomic E-state index is 0.176. The van der Waals surface area contributed by atoms with Crippen molar-refractivity contribution in [3.63, 3.8) is 0 Å². The Bertz CT molecular complexity index is 1270. The number of hydrogen-bond donors (Lipinski definition) is 2. The van der Waals surface area contributed by atoms with Crippen LogP contribution in [0.25, 0.3) is 10.7 Å². The largest absolute Gasteiger partial charge is 0.573 e. The van der Waals surface area contributed by atoms with Crippen LogP contribution < -0.4 is 10.5 Å². The number of nitrogen functional groups attached to an aromatic ring is 1. The smallest absolute Gasteiger partial charge is 0.406 e. The molecule has 1 aromatic carbocycles. The molecule has 16 heteroatoms. The Morgan fingerprint density at radius 1 is 1.03 bits per heavy atom. The molecule has 0 spiro atoms. The number of rotatable bonds is 5. The van der Waals surface area contributed by atoms with Crippen molar-refractivity contribution in [1.82, 2.24) is 15.2 Å². The minimum Gasteiger partial charge on any atom is -0.406 e. The molecule has 178 valence electrons. The van der Waals surface area contributed by atoms with Crippen molar-refractivity contribution >= 4 is 26.9 Å². The fourth-order valence-electron chi connectivity index (χ4n) is 2.38. The highest BCUT2D eigenvalue weighted by Gasteiger charge is 2.53. The van der Waals surface area contributed by atoms with Gasteiger partial charge in [0.15, 0.2) is 10.0 Å². The van der Waals surface area contributed by atoms with Gasteiger partial charge < -0.3 is 15.6 Å². The number of alkyl halides is 6. The van der Waals surface area contributed by atoms with Crippen molar-refractivity contribution < 1.29 is 44.6 Å². The Hall–Kier alpha value is -2.98. The van der Waals surface area contributed by atoms with E-state index in [1.54, 1.807) is 0 Å². The number of aliphatic hydroxyl groups is 1. The molecule has 33 heavy (non-hydrogen) atoms. The molecule has 0 saturated heterocycles. The first kappa shape index (κ1) is 24.7. The van der Waals surface area contributed by atoms with Gasteiger partial charge >= 0.3 is 12.5 Å². The molecule has 3 N–H and O–H groups in total. The molecule has 3 aromatic rings. The minimum atomic E-state index is -5.03. The summed E-state index contributed by atoms with van der Waals surface area (Å²) in [6.07, 6.45) is -9.13. The van der Waals surface area contributed by atoms with Gasteiger partial charge in [-0.15, -0.1) is 23.4 Å². The first-order chi connectivity index (χ1) is 15.0.